The number of sulfonamides is 1. The van der Waals surface area contributed by atoms with E-state index in [-0.39, 0.29) is 16.9 Å². The largest absolute Gasteiger partial charge is 0.474 e. The minimum absolute atomic E-state index is 0.0758. The molecule has 10 heteroatoms. The number of nitrogens with one attached hydrogen (secondary N) is 2. The summed E-state index contributed by atoms with van der Waals surface area (Å²) in [5, 5.41) is 4.73. The third kappa shape index (κ3) is 4.95. The van der Waals surface area contributed by atoms with Gasteiger partial charge < -0.3 is 10.1 Å². The number of nitrogens with zero attached hydrogens (tertiary/aromatic N) is 2. The second-order valence-corrected chi connectivity index (χ2v) is 9.41. The topological polar surface area (TPSA) is 110 Å². The molecule has 0 aliphatic heterocycles. The summed E-state index contributed by atoms with van der Waals surface area (Å²) in [6.07, 6.45) is 7.52. The quantitative estimate of drug-likeness (QED) is 0.572. The summed E-state index contributed by atoms with van der Waals surface area (Å²) >= 11 is 1.19. The summed E-state index contributed by atoms with van der Waals surface area (Å²) in [6.45, 7) is 0. The van der Waals surface area contributed by atoms with Gasteiger partial charge in [-0.15, -0.1) is 11.3 Å². The highest BCUT2D eigenvalue weighted by Crippen LogP contribution is 2.24. The van der Waals surface area contributed by atoms with E-state index in [0.29, 0.717) is 22.3 Å². The molecular weight excluding hydrogens is 424 g/mol. The number of ether oxygens (including phenoxy) is 1. The maximum atomic E-state index is 12.6. The van der Waals surface area contributed by atoms with Crippen LogP contribution in [0.4, 0.5) is 10.8 Å². The maximum Gasteiger partial charge on any atom is 0.263 e. The predicted octanol–water partition coefficient (Wildman–Crippen LogP) is 3.91. The third-order valence-corrected chi connectivity index (χ3v) is 6.84. The molecule has 3 aromatic rings. The first-order valence-corrected chi connectivity index (χ1v) is 11.8. The number of amides is 1. The minimum Gasteiger partial charge on any atom is -0.474 e. The van der Waals surface area contributed by atoms with Gasteiger partial charge >= 0.3 is 0 Å². The fourth-order valence-corrected chi connectivity index (χ4v) is 4.95. The minimum atomic E-state index is -3.74. The molecule has 8 nitrogen and oxygen atoms in total. The van der Waals surface area contributed by atoms with Crippen LogP contribution in [0.15, 0.2) is 59.1 Å². The molecule has 30 heavy (non-hydrogen) atoms. The zero-order valence-electron chi connectivity index (χ0n) is 15.9. The molecule has 1 aliphatic rings. The fourth-order valence-electron chi connectivity index (χ4n) is 3.16. The highest BCUT2D eigenvalue weighted by atomic mass is 32.2. The Morgan fingerprint density at radius 3 is 2.53 bits per heavy atom. The number of carbonyl (C=O) groups is 1. The molecule has 0 unspecified atom stereocenters. The monoisotopic (exact) mass is 444 g/mol. The van der Waals surface area contributed by atoms with Crippen LogP contribution in [0, 0.1) is 0 Å². The summed E-state index contributed by atoms with van der Waals surface area (Å²) in [6, 6.07) is 9.13. The van der Waals surface area contributed by atoms with E-state index >= 15 is 0 Å². The van der Waals surface area contributed by atoms with E-state index in [0.717, 1.165) is 25.7 Å². The number of rotatable bonds is 7. The van der Waals surface area contributed by atoms with Crippen LogP contribution >= 0.6 is 11.3 Å². The Balaban J connectivity index is 1.41. The molecule has 0 atom stereocenters. The Bertz CT molecular complexity index is 1110. The Morgan fingerprint density at radius 2 is 1.83 bits per heavy atom. The highest BCUT2D eigenvalue weighted by molar-refractivity contribution is 7.93. The molecule has 4 rings (SSSR count). The molecule has 1 amide bonds. The molecule has 2 aromatic heterocycles. The lowest BCUT2D eigenvalue weighted by Gasteiger charge is -2.12. The molecule has 1 aromatic carbocycles. The van der Waals surface area contributed by atoms with Gasteiger partial charge in [0.1, 0.15) is 6.10 Å². The summed E-state index contributed by atoms with van der Waals surface area (Å²) < 4.78 is 33.0. The third-order valence-electron chi connectivity index (χ3n) is 4.66. The van der Waals surface area contributed by atoms with Crippen LogP contribution < -0.4 is 14.8 Å². The normalized spacial score (nSPS) is 14.4. The highest BCUT2D eigenvalue weighted by Gasteiger charge is 2.18. The Hall–Kier alpha value is -2.98. The lowest BCUT2D eigenvalue weighted by atomic mass is 10.2. The van der Waals surface area contributed by atoms with Gasteiger partial charge in [0.2, 0.25) is 5.88 Å². The molecule has 1 saturated carbocycles. The second-order valence-electron chi connectivity index (χ2n) is 6.83. The van der Waals surface area contributed by atoms with Gasteiger partial charge in [-0.05, 0) is 56.0 Å². The van der Waals surface area contributed by atoms with Crippen LogP contribution in [0.25, 0.3) is 0 Å². The van der Waals surface area contributed by atoms with Crippen molar-refractivity contribution in [3.63, 3.8) is 0 Å². The van der Waals surface area contributed by atoms with Gasteiger partial charge in [-0.25, -0.2) is 18.4 Å². The van der Waals surface area contributed by atoms with Crippen molar-refractivity contribution in [2.24, 2.45) is 0 Å². The average molecular weight is 445 g/mol. The first-order valence-electron chi connectivity index (χ1n) is 9.46. The molecule has 0 radical (unpaired) electrons. The molecule has 0 spiro atoms. The van der Waals surface area contributed by atoms with Gasteiger partial charge in [0.15, 0.2) is 5.13 Å². The molecule has 156 valence electrons. The first kappa shape index (κ1) is 20.3. The number of carbonyl (C=O) groups excluding carboxylic acids is 1. The smallest absolute Gasteiger partial charge is 0.263 e. The van der Waals surface area contributed by atoms with Gasteiger partial charge in [-0.3, -0.25) is 9.52 Å². The van der Waals surface area contributed by atoms with E-state index in [2.05, 4.69) is 20.0 Å². The van der Waals surface area contributed by atoms with Crippen molar-refractivity contribution in [1.29, 1.82) is 0 Å². The van der Waals surface area contributed by atoms with Crippen molar-refractivity contribution in [2.45, 2.75) is 36.7 Å². The van der Waals surface area contributed by atoms with E-state index < -0.39 is 10.0 Å². The number of thiazole rings is 1. The van der Waals surface area contributed by atoms with Gasteiger partial charge in [-0.1, -0.05) is 0 Å². The van der Waals surface area contributed by atoms with Crippen molar-refractivity contribution in [3.8, 4) is 5.88 Å². The predicted molar refractivity (Wildman–Crippen MR) is 114 cm³/mol. The Labute approximate surface area is 178 Å². The van der Waals surface area contributed by atoms with E-state index in [1.165, 1.54) is 41.8 Å². The molecule has 1 fully saturated rings. The lowest BCUT2D eigenvalue weighted by Crippen LogP contribution is -2.15. The molecule has 0 bridgehead atoms. The lowest BCUT2D eigenvalue weighted by molar-refractivity contribution is 0.102. The summed E-state index contributed by atoms with van der Waals surface area (Å²) in [5.74, 6) is 0.106. The summed E-state index contributed by atoms with van der Waals surface area (Å²) in [4.78, 5) is 20.7. The standard InChI is InChI=1S/C20H20N4O4S2/c25-19(14-9-10-21-18(13-14)28-16-3-1-2-4-16)23-15-5-7-17(8-6-15)30(26,27)24-20-22-11-12-29-20/h5-13,16H,1-4H2,(H,22,24)(H,23,25). The van der Waals surface area contributed by atoms with Crippen LogP contribution in [0.1, 0.15) is 36.0 Å². The van der Waals surface area contributed by atoms with E-state index in [4.69, 9.17) is 4.74 Å². The number of benzene rings is 1. The number of anilines is 2. The van der Waals surface area contributed by atoms with Crippen LogP contribution in [-0.2, 0) is 10.0 Å². The zero-order chi connectivity index (χ0) is 21.0. The van der Waals surface area contributed by atoms with Crippen molar-refractivity contribution in [3.05, 3.63) is 59.7 Å². The molecule has 2 N–H and O–H groups in total. The van der Waals surface area contributed by atoms with Crippen molar-refractivity contribution in [1.82, 2.24) is 9.97 Å². The molecule has 0 saturated heterocycles. The zero-order valence-corrected chi connectivity index (χ0v) is 17.6. The van der Waals surface area contributed by atoms with Gasteiger partial charge in [0, 0.05) is 35.1 Å². The summed E-state index contributed by atoms with van der Waals surface area (Å²) in [7, 11) is -3.74. The number of hydrogen-bond acceptors (Lipinski definition) is 7. The molecule has 2 heterocycles. The van der Waals surface area contributed by atoms with Crippen LogP contribution in [0.2, 0.25) is 0 Å². The Kier molecular flexibility index (Phi) is 5.96. The average Bonchev–Trinajstić information content (AvgIpc) is 3.43. The Morgan fingerprint density at radius 1 is 1.07 bits per heavy atom. The maximum absolute atomic E-state index is 12.6. The van der Waals surface area contributed by atoms with E-state index in [1.54, 1.807) is 23.7 Å². The number of pyridine rings is 1. The SMILES string of the molecule is O=C(Nc1ccc(S(=O)(=O)Nc2nccs2)cc1)c1ccnc(OC2CCCC2)c1. The van der Waals surface area contributed by atoms with Gasteiger partial charge in [-0.2, -0.15) is 0 Å². The number of hydrogen-bond donors (Lipinski definition) is 2. The summed E-state index contributed by atoms with van der Waals surface area (Å²) in [5.41, 5.74) is 0.892. The molecular formula is C20H20N4O4S2. The van der Waals surface area contributed by atoms with Crippen molar-refractivity contribution in [2.75, 3.05) is 10.0 Å². The van der Waals surface area contributed by atoms with Gasteiger partial charge in [0.25, 0.3) is 15.9 Å². The van der Waals surface area contributed by atoms with Gasteiger partial charge in [0.05, 0.1) is 4.90 Å². The van der Waals surface area contributed by atoms with Crippen LogP contribution in [-0.4, -0.2) is 30.4 Å². The molecule has 1 aliphatic carbocycles. The van der Waals surface area contributed by atoms with Crippen molar-refractivity contribution >= 4 is 38.1 Å². The second kappa shape index (κ2) is 8.80. The fraction of sp³-hybridized carbons (Fsp3) is 0.250. The van der Waals surface area contributed by atoms with Crippen LogP contribution in [0.5, 0.6) is 5.88 Å². The van der Waals surface area contributed by atoms with Crippen molar-refractivity contribution < 1.29 is 17.9 Å². The van der Waals surface area contributed by atoms with Crippen LogP contribution in [0.3, 0.4) is 0 Å². The van der Waals surface area contributed by atoms with E-state index in [9.17, 15) is 13.2 Å². The van der Waals surface area contributed by atoms with E-state index in [1.807, 2.05) is 0 Å². The number of aromatic nitrogens is 2. The first-order chi connectivity index (χ1) is 14.5.